The number of halogens is 1. The summed E-state index contributed by atoms with van der Waals surface area (Å²) in [6.07, 6.45) is 4.24. The van der Waals surface area contributed by atoms with E-state index in [0.717, 1.165) is 25.7 Å². The predicted molar refractivity (Wildman–Crippen MR) is 130 cm³/mol. The summed E-state index contributed by atoms with van der Waals surface area (Å²) in [5.41, 5.74) is 2.84. The lowest BCUT2D eigenvalue weighted by Gasteiger charge is -2.18. The van der Waals surface area contributed by atoms with Crippen molar-refractivity contribution < 1.29 is 23.8 Å². The van der Waals surface area contributed by atoms with Gasteiger partial charge in [-0.2, -0.15) is 0 Å². The quantitative estimate of drug-likeness (QED) is 0.413. The van der Waals surface area contributed by atoms with Crippen molar-refractivity contribution in [2.45, 2.75) is 45.6 Å². The molecule has 4 rings (SSSR count). The van der Waals surface area contributed by atoms with E-state index in [0.29, 0.717) is 33.7 Å². The molecule has 1 aliphatic carbocycles. The lowest BCUT2D eigenvalue weighted by atomic mass is 9.96. The van der Waals surface area contributed by atoms with Crippen molar-refractivity contribution >= 4 is 23.2 Å². The normalized spacial score (nSPS) is 13.5. The number of rotatable bonds is 6. The number of carbonyl (C=O) groups is 2. The smallest absolute Gasteiger partial charge is 0.221 e. The Bertz CT molecular complexity index is 1240. The maximum absolute atomic E-state index is 14.5. The summed E-state index contributed by atoms with van der Waals surface area (Å²) in [5, 5.41) is 16.3. The number of para-hydroxylation sites is 1. The van der Waals surface area contributed by atoms with Gasteiger partial charge in [0.1, 0.15) is 17.3 Å². The van der Waals surface area contributed by atoms with Crippen molar-refractivity contribution in [3.8, 4) is 33.8 Å². The molecule has 7 heteroatoms. The average Bonchev–Trinajstić information content (AvgIpc) is 3.29. The van der Waals surface area contributed by atoms with Gasteiger partial charge < -0.3 is 20.5 Å². The van der Waals surface area contributed by atoms with Gasteiger partial charge in [0.15, 0.2) is 0 Å². The summed E-state index contributed by atoms with van der Waals surface area (Å²) in [6.45, 7) is 2.75. The zero-order valence-electron chi connectivity index (χ0n) is 19.2. The third kappa shape index (κ3) is 5.20. The molecule has 0 aromatic heterocycles. The highest BCUT2D eigenvalue weighted by Crippen LogP contribution is 2.41. The topological polar surface area (TPSA) is 87.7 Å². The average molecular weight is 463 g/mol. The third-order valence-electron chi connectivity index (χ3n) is 5.83. The number of carbonyl (C=O) groups excluding carboxylic acids is 2. The van der Waals surface area contributed by atoms with E-state index in [2.05, 4.69) is 10.6 Å². The first-order valence-electron chi connectivity index (χ1n) is 11.3. The molecule has 0 atom stereocenters. The molecule has 0 heterocycles. The highest BCUT2D eigenvalue weighted by Gasteiger charge is 2.20. The molecule has 0 saturated heterocycles. The van der Waals surface area contributed by atoms with Crippen molar-refractivity contribution in [2.24, 2.45) is 0 Å². The van der Waals surface area contributed by atoms with Crippen LogP contribution < -0.4 is 15.4 Å². The van der Waals surface area contributed by atoms with Crippen molar-refractivity contribution in [3.05, 3.63) is 60.4 Å². The highest BCUT2D eigenvalue weighted by atomic mass is 19.1. The fourth-order valence-electron chi connectivity index (χ4n) is 4.25. The monoisotopic (exact) mass is 462 g/mol. The van der Waals surface area contributed by atoms with Crippen LogP contribution in [0.4, 0.5) is 15.8 Å². The van der Waals surface area contributed by atoms with E-state index in [4.69, 9.17) is 4.74 Å². The first-order chi connectivity index (χ1) is 16.3. The van der Waals surface area contributed by atoms with Crippen molar-refractivity contribution in [3.63, 3.8) is 0 Å². The molecule has 0 bridgehead atoms. The van der Waals surface area contributed by atoms with Crippen LogP contribution in [0.15, 0.2) is 54.6 Å². The molecule has 1 saturated carbocycles. The maximum Gasteiger partial charge on any atom is 0.221 e. The molecule has 1 aliphatic rings. The standard InChI is InChI=1S/C27H27FN2O4/c1-16(31)29-24-12-10-18(14-23(24)28)21-8-5-9-22(27(21)33)19-11-13-25(30-17(2)32)26(15-19)34-20-6-3-4-7-20/h5,8-15,20,33H,3-4,6-7H2,1-2H3,(H,29,31)(H,30,32). The van der Waals surface area contributed by atoms with Gasteiger partial charge in [0.2, 0.25) is 11.8 Å². The Morgan fingerprint density at radius 1 is 0.882 bits per heavy atom. The van der Waals surface area contributed by atoms with Gasteiger partial charge in [-0.05, 0) is 61.1 Å². The molecule has 3 aromatic rings. The van der Waals surface area contributed by atoms with E-state index in [1.807, 2.05) is 6.07 Å². The first-order valence-corrected chi connectivity index (χ1v) is 11.3. The summed E-state index contributed by atoms with van der Waals surface area (Å²) >= 11 is 0. The van der Waals surface area contributed by atoms with Crippen LogP contribution in [0, 0.1) is 5.82 Å². The van der Waals surface area contributed by atoms with E-state index < -0.39 is 5.82 Å². The Kier molecular flexibility index (Phi) is 6.82. The van der Waals surface area contributed by atoms with Crippen molar-refractivity contribution in [1.29, 1.82) is 0 Å². The number of amides is 2. The molecule has 176 valence electrons. The molecule has 0 spiro atoms. The summed E-state index contributed by atoms with van der Waals surface area (Å²) in [5.74, 6) is -0.610. The van der Waals surface area contributed by atoms with Crippen LogP contribution in [0.2, 0.25) is 0 Å². The van der Waals surface area contributed by atoms with Gasteiger partial charge in [-0.25, -0.2) is 4.39 Å². The Labute approximate surface area is 197 Å². The number of phenolic OH excluding ortho intramolecular Hbond substituents is 1. The number of hydrogen-bond donors (Lipinski definition) is 3. The third-order valence-corrected chi connectivity index (χ3v) is 5.83. The molecule has 3 aromatic carbocycles. The maximum atomic E-state index is 14.5. The first kappa shape index (κ1) is 23.3. The van der Waals surface area contributed by atoms with Crippen molar-refractivity contribution in [1.82, 2.24) is 0 Å². The molecular weight excluding hydrogens is 435 g/mol. The van der Waals surface area contributed by atoms with E-state index in [-0.39, 0.29) is 29.4 Å². The zero-order valence-corrected chi connectivity index (χ0v) is 19.2. The molecule has 1 fully saturated rings. The van der Waals surface area contributed by atoms with Crippen LogP contribution in [0.25, 0.3) is 22.3 Å². The Morgan fingerprint density at radius 3 is 2.03 bits per heavy atom. The molecule has 3 N–H and O–H groups in total. The minimum absolute atomic E-state index is 0.00623. The Hall–Kier alpha value is -3.87. The second-order valence-electron chi connectivity index (χ2n) is 8.49. The van der Waals surface area contributed by atoms with Crippen LogP contribution in [-0.2, 0) is 9.59 Å². The van der Waals surface area contributed by atoms with Crippen LogP contribution >= 0.6 is 0 Å². The van der Waals surface area contributed by atoms with Gasteiger partial charge in [0.05, 0.1) is 17.5 Å². The van der Waals surface area contributed by atoms with Crippen LogP contribution in [0.3, 0.4) is 0 Å². The van der Waals surface area contributed by atoms with E-state index in [9.17, 15) is 19.1 Å². The van der Waals surface area contributed by atoms with Crippen LogP contribution in [0.5, 0.6) is 11.5 Å². The fraction of sp³-hybridized carbons (Fsp3) is 0.259. The number of hydrogen-bond acceptors (Lipinski definition) is 4. The molecule has 0 radical (unpaired) electrons. The Balaban J connectivity index is 1.71. The second-order valence-corrected chi connectivity index (χ2v) is 8.49. The van der Waals surface area contributed by atoms with Gasteiger partial charge >= 0.3 is 0 Å². The van der Waals surface area contributed by atoms with Gasteiger partial charge in [0.25, 0.3) is 0 Å². The Morgan fingerprint density at radius 2 is 1.44 bits per heavy atom. The van der Waals surface area contributed by atoms with E-state index in [1.54, 1.807) is 36.4 Å². The molecule has 2 amide bonds. The number of ether oxygens (including phenoxy) is 1. The largest absolute Gasteiger partial charge is 0.507 e. The summed E-state index contributed by atoms with van der Waals surface area (Å²) in [4.78, 5) is 22.9. The minimum Gasteiger partial charge on any atom is -0.507 e. The summed E-state index contributed by atoms with van der Waals surface area (Å²) < 4.78 is 20.7. The second kappa shape index (κ2) is 9.95. The molecule has 0 aliphatic heterocycles. The molecule has 6 nitrogen and oxygen atoms in total. The molecule has 0 unspecified atom stereocenters. The molecule has 34 heavy (non-hydrogen) atoms. The number of anilines is 2. The van der Waals surface area contributed by atoms with Crippen LogP contribution in [0.1, 0.15) is 39.5 Å². The highest BCUT2D eigenvalue weighted by molar-refractivity contribution is 5.92. The lowest BCUT2D eigenvalue weighted by molar-refractivity contribution is -0.115. The summed E-state index contributed by atoms with van der Waals surface area (Å²) in [7, 11) is 0. The van der Waals surface area contributed by atoms with Crippen LogP contribution in [-0.4, -0.2) is 23.0 Å². The van der Waals surface area contributed by atoms with Gasteiger partial charge in [-0.3, -0.25) is 9.59 Å². The fourth-order valence-corrected chi connectivity index (χ4v) is 4.25. The zero-order chi connectivity index (χ0) is 24.2. The van der Waals surface area contributed by atoms with Gasteiger partial charge in [0, 0.05) is 25.0 Å². The SMILES string of the molecule is CC(=O)Nc1ccc(-c2cccc(-c3ccc(NC(C)=O)c(OC4CCCC4)c3)c2O)cc1F. The number of phenols is 1. The number of benzene rings is 3. The van der Waals surface area contributed by atoms with E-state index in [1.165, 1.54) is 26.0 Å². The van der Waals surface area contributed by atoms with Crippen molar-refractivity contribution in [2.75, 3.05) is 10.6 Å². The van der Waals surface area contributed by atoms with Gasteiger partial charge in [-0.1, -0.05) is 30.3 Å². The van der Waals surface area contributed by atoms with Gasteiger partial charge in [-0.15, -0.1) is 0 Å². The number of nitrogens with one attached hydrogen (secondary N) is 2. The molecular formula is C27H27FN2O4. The minimum atomic E-state index is -0.593. The lowest BCUT2D eigenvalue weighted by Crippen LogP contribution is -2.14. The summed E-state index contributed by atoms with van der Waals surface area (Å²) in [6, 6.07) is 15.0. The number of aromatic hydroxyl groups is 1. The predicted octanol–water partition coefficient (Wildman–Crippen LogP) is 6.10. The van der Waals surface area contributed by atoms with E-state index >= 15 is 0 Å².